The maximum atomic E-state index is 4.31. The molecule has 3 rings (SSSR count). The van der Waals surface area contributed by atoms with Gasteiger partial charge in [0.2, 0.25) is 5.95 Å². The third kappa shape index (κ3) is 1.98. The first-order valence-electron chi connectivity index (χ1n) is 5.67. The van der Waals surface area contributed by atoms with Crippen LogP contribution in [0, 0.1) is 0 Å². The Morgan fingerprint density at radius 3 is 2.72 bits per heavy atom. The minimum absolute atomic E-state index is 0.772. The average molecular weight is 239 g/mol. The summed E-state index contributed by atoms with van der Waals surface area (Å²) in [6, 6.07) is 10.1. The minimum Gasteiger partial charge on any atom is -0.323 e. The van der Waals surface area contributed by atoms with Crippen molar-refractivity contribution in [3.63, 3.8) is 0 Å². The molecule has 5 heteroatoms. The van der Waals surface area contributed by atoms with E-state index in [4.69, 9.17) is 0 Å². The number of para-hydroxylation sites is 1. The Morgan fingerprint density at radius 1 is 1.17 bits per heavy atom. The number of benzene rings is 1. The van der Waals surface area contributed by atoms with Crippen molar-refractivity contribution in [1.29, 1.82) is 0 Å². The van der Waals surface area contributed by atoms with E-state index in [0.717, 1.165) is 17.3 Å². The SMILES string of the molecule is Cn1cc(Nc2nccn2-c2ccccc2)cn1. The molecule has 2 heterocycles. The van der Waals surface area contributed by atoms with Gasteiger partial charge in [0.1, 0.15) is 0 Å². The molecule has 0 radical (unpaired) electrons. The zero-order chi connectivity index (χ0) is 12.4. The topological polar surface area (TPSA) is 47.7 Å². The van der Waals surface area contributed by atoms with Crippen LogP contribution >= 0.6 is 0 Å². The van der Waals surface area contributed by atoms with Crippen LogP contribution in [0.2, 0.25) is 0 Å². The van der Waals surface area contributed by atoms with Crippen molar-refractivity contribution in [1.82, 2.24) is 19.3 Å². The van der Waals surface area contributed by atoms with Gasteiger partial charge in [-0.25, -0.2) is 4.98 Å². The molecule has 2 aromatic heterocycles. The molecule has 3 aromatic rings. The smallest absolute Gasteiger partial charge is 0.212 e. The second-order valence-electron chi connectivity index (χ2n) is 3.98. The van der Waals surface area contributed by atoms with Gasteiger partial charge in [-0.3, -0.25) is 9.25 Å². The van der Waals surface area contributed by atoms with Gasteiger partial charge < -0.3 is 5.32 Å². The highest BCUT2D eigenvalue weighted by Gasteiger charge is 2.05. The molecule has 0 aliphatic carbocycles. The van der Waals surface area contributed by atoms with Crippen LogP contribution < -0.4 is 5.32 Å². The molecule has 0 bridgehead atoms. The van der Waals surface area contributed by atoms with Crippen LogP contribution in [0.15, 0.2) is 55.1 Å². The number of anilines is 2. The van der Waals surface area contributed by atoms with E-state index >= 15 is 0 Å². The van der Waals surface area contributed by atoms with Gasteiger partial charge in [-0.15, -0.1) is 0 Å². The lowest BCUT2D eigenvalue weighted by Crippen LogP contribution is -2.00. The van der Waals surface area contributed by atoms with Gasteiger partial charge in [0.25, 0.3) is 0 Å². The maximum Gasteiger partial charge on any atom is 0.212 e. The summed E-state index contributed by atoms with van der Waals surface area (Å²) in [5, 5.41) is 7.36. The molecule has 0 atom stereocenters. The Morgan fingerprint density at radius 2 is 2.00 bits per heavy atom. The third-order valence-electron chi connectivity index (χ3n) is 2.64. The average Bonchev–Trinajstić information content (AvgIpc) is 3.00. The van der Waals surface area contributed by atoms with Crippen molar-refractivity contribution < 1.29 is 0 Å². The standard InChI is InChI=1S/C13H13N5/c1-17-10-11(9-15-17)16-13-14-7-8-18(13)12-5-3-2-4-6-12/h2-10H,1H3,(H,14,16). The van der Waals surface area contributed by atoms with E-state index < -0.39 is 0 Å². The van der Waals surface area contributed by atoms with Crippen molar-refractivity contribution in [2.45, 2.75) is 0 Å². The predicted molar refractivity (Wildman–Crippen MR) is 70.1 cm³/mol. The lowest BCUT2D eigenvalue weighted by Gasteiger charge is -2.07. The van der Waals surface area contributed by atoms with Gasteiger partial charge in [-0.1, -0.05) is 18.2 Å². The molecule has 0 aliphatic rings. The number of aryl methyl sites for hydroxylation is 1. The van der Waals surface area contributed by atoms with Gasteiger partial charge in [0, 0.05) is 31.3 Å². The molecule has 0 spiro atoms. The monoisotopic (exact) mass is 239 g/mol. The van der Waals surface area contributed by atoms with Gasteiger partial charge in [0.05, 0.1) is 11.9 Å². The molecule has 0 amide bonds. The van der Waals surface area contributed by atoms with E-state index in [1.54, 1.807) is 17.1 Å². The zero-order valence-electron chi connectivity index (χ0n) is 9.99. The zero-order valence-corrected chi connectivity index (χ0v) is 9.99. The molecule has 90 valence electrons. The Kier molecular flexibility index (Phi) is 2.57. The lowest BCUT2D eigenvalue weighted by molar-refractivity contribution is 0.768. The molecule has 0 fully saturated rings. The van der Waals surface area contributed by atoms with Gasteiger partial charge in [0.15, 0.2) is 0 Å². The van der Waals surface area contributed by atoms with E-state index in [2.05, 4.69) is 15.4 Å². The molecule has 0 saturated heterocycles. The molecular formula is C13H13N5. The Labute approximate surface area is 105 Å². The number of hydrogen-bond donors (Lipinski definition) is 1. The number of imidazole rings is 1. The van der Waals surface area contributed by atoms with Crippen molar-refractivity contribution in [3.05, 3.63) is 55.1 Å². The highest BCUT2D eigenvalue weighted by Crippen LogP contribution is 2.18. The molecular weight excluding hydrogens is 226 g/mol. The van der Waals surface area contributed by atoms with Crippen LogP contribution in [0.5, 0.6) is 0 Å². The fourth-order valence-corrected chi connectivity index (χ4v) is 1.81. The van der Waals surface area contributed by atoms with Gasteiger partial charge >= 0.3 is 0 Å². The molecule has 0 unspecified atom stereocenters. The third-order valence-corrected chi connectivity index (χ3v) is 2.64. The molecule has 1 aromatic carbocycles. The van der Waals surface area contributed by atoms with Crippen molar-refractivity contribution in [2.75, 3.05) is 5.32 Å². The number of rotatable bonds is 3. The van der Waals surface area contributed by atoms with E-state index in [-0.39, 0.29) is 0 Å². The number of hydrogen-bond acceptors (Lipinski definition) is 3. The van der Waals surface area contributed by atoms with Crippen LogP contribution in [0.25, 0.3) is 5.69 Å². The van der Waals surface area contributed by atoms with E-state index in [0.29, 0.717) is 0 Å². The van der Waals surface area contributed by atoms with Crippen molar-refractivity contribution in [3.8, 4) is 5.69 Å². The summed E-state index contributed by atoms with van der Waals surface area (Å²) in [5.74, 6) is 0.772. The summed E-state index contributed by atoms with van der Waals surface area (Å²) >= 11 is 0. The lowest BCUT2D eigenvalue weighted by atomic mass is 10.3. The number of nitrogens with zero attached hydrogens (tertiary/aromatic N) is 4. The highest BCUT2D eigenvalue weighted by atomic mass is 15.3. The summed E-state index contributed by atoms with van der Waals surface area (Å²) in [6.45, 7) is 0. The summed E-state index contributed by atoms with van der Waals surface area (Å²) in [4.78, 5) is 4.31. The quantitative estimate of drug-likeness (QED) is 0.763. The summed E-state index contributed by atoms with van der Waals surface area (Å²) < 4.78 is 3.74. The van der Waals surface area contributed by atoms with Crippen LogP contribution in [-0.4, -0.2) is 19.3 Å². The second kappa shape index (κ2) is 4.37. The first-order chi connectivity index (χ1) is 8.83. The minimum atomic E-state index is 0.772. The van der Waals surface area contributed by atoms with Crippen LogP contribution in [0.1, 0.15) is 0 Å². The van der Waals surface area contributed by atoms with Gasteiger partial charge in [-0.2, -0.15) is 5.10 Å². The maximum absolute atomic E-state index is 4.31. The number of aromatic nitrogens is 4. The van der Waals surface area contributed by atoms with Crippen molar-refractivity contribution >= 4 is 11.6 Å². The molecule has 0 aliphatic heterocycles. The predicted octanol–water partition coefficient (Wildman–Crippen LogP) is 2.35. The molecule has 18 heavy (non-hydrogen) atoms. The summed E-state index contributed by atoms with van der Waals surface area (Å²) in [6.07, 6.45) is 7.37. The normalized spacial score (nSPS) is 10.5. The van der Waals surface area contributed by atoms with E-state index in [1.165, 1.54) is 0 Å². The molecule has 5 nitrogen and oxygen atoms in total. The largest absolute Gasteiger partial charge is 0.323 e. The van der Waals surface area contributed by atoms with E-state index in [9.17, 15) is 0 Å². The second-order valence-corrected chi connectivity index (χ2v) is 3.98. The number of nitrogens with one attached hydrogen (secondary N) is 1. The fraction of sp³-hybridized carbons (Fsp3) is 0.0769. The molecule has 0 saturated carbocycles. The molecule has 1 N–H and O–H groups in total. The highest BCUT2D eigenvalue weighted by molar-refractivity contribution is 5.54. The van der Waals surface area contributed by atoms with Crippen LogP contribution in [0.3, 0.4) is 0 Å². The van der Waals surface area contributed by atoms with Crippen LogP contribution in [-0.2, 0) is 7.05 Å². The Hall–Kier alpha value is -2.56. The van der Waals surface area contributed by atoms with Gasteiger partial charge in [-0.05, 0) is 12.1 Å². The first-order valence-corrected chi connectivity index (χ1v) is 5.67. The summed E-state index contributed by atoms with van der Waals surface area (Å²) in [5.41, 5.74) is 1.99. The van der Waals surface area contributed by atoms with E-state index in [1.807, 2.05) is 54.3 Å². The first kappa shape index (κ1) is 10.6. The summed E-state index contributed by atoms with van der Waals surface area (Å²) in [7, 11) is 1.88. The van der Waals surface area contributed by atoms with Crippen molar-refractivity contribution in [2.24, 2.45) is 7.05 Å². The Balaban J connectivity index is 1.93. The van der Waals surface area contributed by atoms with Crippen LogP contribution in [0.4, 0.5) is 11.6 Å². The Bertz CT molecular complexity index is 638. The fourth-order valence-electron chi connectivity index (χ4n) is 1.81.